The molecule has 5 nitrogen and oxygen atoms in total. The summed E-state index contributed by atoms with van der Waals surface area (Å²) in [7, 11) is 0. The Labute approximate surface area is 183 Å². The molecule has 0 unspecified atom stereocenters. The fourth-order valence-electron chi connectivity index (χ4n) is 3.57. The maximum Gasteiger partial charge on any atom is 0.0685 e. The number of aromatic nitrogens is 2. The lowest BCUT2D eigenvalue weighted by molar-refractivity contribution is 0.0939. The van der Waals surface area contributed by atoms with Crippen LogP contribution in [-0.2, 0) is 31.8 Å². The van der Waals surface area contributed by atoms with Crippen LogP contribution in [0.15, 0.2) is 54.9 Å². The van der Waals surface area contributed by atoms with E-state index in [0.717, 1.165) is 33.6 Å². The fraction of sp³-hybridized carbons (Fsp3) is 0.333. The van der Waals surface area contributed by atoms with Gasteiger partial charge in [-0.05, 0) is 61.2 Å². The van der Waals surface area contributed by atoms with Gasteiger partial charge in [0.15, 0.2) is 0 Å². The quantitative estimate of drug-likeness (QED) is 0.563. The Hall–Kier alpha value is -2.31. The largest absolute Gasteiger partial charge is 0.392 e. The Kier molecular flexibility index (Phi) is 7.21. The zero-order valence-electron chi connectivity index (χ0n) is 17.8. The zero-order valence-corrected chi connectivity index (χ0v) is 18.5. The van der Waals surface area contributed by atoms with Crippen LogP contribution >= 0.6 is 11.6 Å². The molecule has 0 atom stereocenters. The molecule has 0 radical (unpaired) electrons. The van der Waals surface area contributed by atoms with Gasteiger partial charge < -0.3 is 10.8 Å². The second-order valence-electron chi connectivity index (χ2n) is 8.01. The first-order valence-corrected chi connectivity index (χ1v) is 10.4. The Morgan fingerprint density at radius 2 is 1.87 bits per heavy atom. The van der Waals surface area contributed by atoms with Crippen molar-refractivity contribution in [3.8, 4) is 0 Å². The zero-order chi connectivity index (χ0) is 21.7. The van der Waals surface area contributed by atoms with Gasteiger partial charge in [-0.3, -0.25) is 14.9 Å². The van der Waals surface area contributed by atoms with Gasteiger partial charge in [0, 0.05) is 32.0 Å². The molecule has 0 fully saturated rings. The molecule has 0 spiro atoms. The second kappa shape index (κ2) is 9.67. The molecule has 0 saturated carbocycles. The minimum atomic E-state index is -0.367. The van der Waals surface area contributed by atoms with E-state index < -0.39 is 0 Å². The number of aliphatic hydroxyl groups is 1. The molecular formula is C24H29ClN4O. The Morgan fingerprint density at radius 1 is 1.07 bits per heavy atom. The molecule has 0 bridgehead atoms. The van der Waals surface area contributed by atoms with Gasteiger partial charge in [-0.15, -0.1) is 0 Å². The second-order valence-corrected chi connectivity index (χ2v) is 8.45. The van der Waals surface area contributed by atoms with E-state index in [0.29, 0.717) is 24.7 Å². The first-order valence-electron chi connectivity index (χ1n) is 10.0. The van der Waals surface area contributed by atoms with Crippen LogP contribution in [0.3, 0.4) is 0 Å². The topological polar surface area (TPSA) is 75.3 Å². The van der Waals surface area contributed by atoms with Crippen molar-refractivity contribution in [2.24, 2.45) is 5.73 Å². The van der Waals surface area contributed by atoms with E-state index >= 15 is 0 Å². The molecule has 3 N–H and O–H groups in total. The summed E-state index contributed by atoms with van der Waals surface area (Å²) >= 11 is 6.11. The normalized spacial score (nSPS) is 11.8. The number of rotatable bonds is 8. The van der Waals surface area contributed by atoms with Crippen LogP contribution in [0.1, 0.15) is 47.5 Å². The van der Waals surface area contributed by atoms with Crippen molar-refractivity contribution in [2.45, 2.75) is 52.6 Å². The summed E-state index contributed by atoms with van der Waals surface area (Å²) in [6, 6.07) is 14.0. The van der Waals surface area contributed by atoms with Crippen molar-refractivity contribution in [1.29, 1.82) is 0 Å². The smallest absolute Gasteiger partial charge is 0.0685 e. The average molecular weight is 425 g/mol. The highest BCUT2D eigenvalue weighted by molar-refractivity contribution is 6.30. The lowest BCUT2D eigenvalue weighted by Crippen LogP contribution is -2.41. The van der Waals surface area contributed by atoms with Gasteiger partial charge in [0.25, 0.3) is 0 Å². The number of nitrogens with two attached hydrogens (primary N) is 1. The maximum atomic E-state index is 9.94. The lowest BCUT2D eigenvalue weighted by atomic mass is 9.94. The molecule has 0 aliphatic carbocycles. The molecule has 158 valence electrons. The predicted molar refractivity (Wildman–Crippen MR) is 121 cm³/mol. The van der Waals surface area contributed by atoms with Crippen LogP contribution < -0.4 is 5.73 Å². The van der Waals surface area contributed by atoms with Crippen LogP contribution in [0.2, 0.25) is 5.02 Å². The molecule has 3 aromatic rings. The van der Waals surface area contributed by atoms with E-state index in [4.69, 9.17) is 17.3 Å². The summed E-state index contributed by atoms with van der Waals surface area (Å²) in [4.78, 5) is 11.5. The highest BCUT2D eigenvalue weighted by Crippen LogP contribution is 2.31. The SMILES string of the molecule is Cc1cc(Cl)cnc1CN(Cc1ccc(CN)cc1CO)C(C)(C)c1ccccn1. The van der Waals surface area contributed by atoms with Crippen LogP contribution in [0.4, 0.5) is 0 Å². The summed E-state index contributed by atoms with van der Waals surface area (Å²) in [6.45, 7) is 8.02. The van der Waals surface area contributed by atoms with Crippen molar-refractivity contribution in [3.63, 3.8) is 0 Å². The van der Waals surface area contributed by atoms with Crippen LogP contribution in [0.25, 0.3) is 0 Å². The molecular weight excluding hydrogens is 396 g/mol. The summed E-state index contributed by atoms with van der Waals surface area (Å²) in [5, 5.41) is 10.6. The number of aryl methyl sites for hydroxylation is 1. The van der Waals surface area contributed by atoms with Gasteiger partial charge in [0.05, 0.1) is 28.6 Å². The third-order valence-corrected chi connectivity index (χ3v) is 5.82. The van der Waals surface area contributed by atoms with E-state index in [-0.39, 0.29) is 12.1 Å². The molecule has 0 saturated heterocycles. The summed E-state index contributed by atoms with van der Waals surface area (Å²) < 4.78 is 0. The third kappa shape index (κ3) is 5.05. The molecule has 0 aliphatic rings. The molecule has 0 aliphatic heterocycles. The van der Waals surface area contributed by atoms with E-state index in [2.05, 4.69) is 34.8 Å². The van der Waals surface area contributed by atoms with E-state index in [1.54, 1.807) is 6.20 Å². The number of aliphatic hydroxyl groups excluding tert-OH is 1. The highest BCUT2D eigenvalue weighted by Gasteiger charge is 2.31. The van der Waals surface area contributed by atoms with Crippen molar-refractivity contribution in [3.05, 3.63) is 93.5 Å². The number of nitrogens with zero attached hydrogens (tertiary/aromatic N) is 3. The van der Waals surface area contributed by atoms with E-state index in [1.165, 1.54) is 0 Å². The molecule has 1 aromatic carbocycles. The maximum absolute atomic E-state index is 9.94. The molecule has 0 amide bonds. The summed E-state index contributed by atoms with van der Waals surface area (Å²) in [6.07, 6.45) is 3.50. The first kappa shape index (κ1) is 22.4. The number of halogens is 1. The number of pyridine rings is 2. The molecule has 2 heterocycles. The summed E-state index contributed by atoms with van der Waals surface area (Å²) in [5.41, 5.74) is 11.4. The van der Waals surface area contributed by atoms with Crippen molar-refractivity contribution < 1.29 is 5.11 Å². The minimum Gasteiger partial charge on any atom is -0.392 e. The monoisotopic (exact) mass is 424 g/mol. The highest BCUT2D eigenvalue weighted by atomic mass is 35.5. The van der Waals surface area contributed by atoms with Crippen LogP contribution in [-0.4, -0.2) is 20.0 Å². The van der Waals surface area contributed by atoms with Crippen LogP contribution in [0, 0.1) is 6.92 Å². The third-order valence-electron chi connectivity index (χ3n) is 5.61. The predicted octanol–water partition coefficient (Wildman–Crippen LogP) is 4.33. The molecule has 6 heteroatoms. The van der Waals surface area contributed by atoms with Gasteiger partial charge in [0.1, 0.15) is 0 Å². The average Bonchev–Trinajstić information content (AvgIpc) is 2.75. The Bertz CT molecular complexity index is 992. The molecule has 30 heavy (non-hydrogen) atoms. The number of hydrogen-bond donors (Lipinski definition) is 2. The van der Waals surface area contributed by atoms with Crippen LogP contribution in [0.5, 0.6) is 0 Å². The van der Waals surface area contributed by atoms with Crippen molar-refractivity contribution in [1.82, 2.24) is 14.9 Å². The first-order chi connectivity index (χ1) is 14.3. The van der Waals surface area contributed by atoms with Gasteiger partial charge in [0.2, 0.25) is 0 Å². The molecule has 3 rings (SSSR count). The molecule has 2 aromatic heterocycles. The minimum absolute atomic E-state index is 0.0285. The number of hydrogen-bond acceptors (Lipinski definition) is 5. The fourth-order valence-corrected chi connectivity index (χ4v) is 3.78. The Balaban J connectivity index is 2.01. The van der Waals surface area contributed by atoms with E-state index in [9.17, 15) is 5.11 Å². The standard InChI is InChI=1S/C24H29ClN4O/c1-17-10-21(25)13-28-22(17)15-29(24(2,3)23-6-4-5-9-27-23)14-19-8-7-18(12-26)11-20(19)16-30/h4-11,13,30H,12,14-16,26H2,1-3H3. The van der Waals surface area contributed by atoms with Gasteiger partial charge in [-0.1, -0.05) is 35.9 Å². The van der Waals surface area contributed by atoms with Gasteiger partial charge >= 0.3 is 0 Å². The Morgan fingerprint density at radius 3 is 2.50 bits per heavy atom. The number of benzene rings is 1. The lowest BCUT2D eigenvalue weighted by Gasteiger charge is -2.38. The van der Waals surface area contributed by atoms with Crippen molar-refractivity contribution >= 4 is 11.6 Å². The van der Waals surface area contributed by atoms with E-state index in [1.807, 2.05) is 49.5 Å². The summed E-state index contributed by atoms with van der Waals surface area (Å²) in [5.74, 6) is 0. The van der Waals surface area contributed by atoms with Crippen molar-refractivity contribution in [2.75, 3.05) is 0 Å². The van der Waals surface area contributed by atoms with Gasteiger partial charge in [-0.25, -0.2) is 0 Å². The van der Waals surface area contributed by atoms with Gasteiger partial charge in [-0.2, -0.15) is 0 Å².